The van der Waals surface area contributed by atoms with Crippen LogP contribution in [-0.4, -0.2) is 39.4 Å². The first-order chi connectivity index (χ1) is 7.95. The number of carbonyl (C=O) groups excluding carboxylic acids is 1. The minimum Gasteiger partial charge on any atom is -0.504 e. The van der Waals surface area contributed by atoms with Crippen molar-refractivity contribution in [1.29, 1.82) is 0 Å². The van der Waals surface area contributed by atoms with E-state index in [-0.39, 0.29) is 23.8 Å². The molecule has 0 fully saturated rings. The summed E-state index contributed by atoms with van der Waals surface area (Å²) in [7, 11) is 1.45. The molecule has 0 heterocycles. The van der Waals surface area contributed by atoms with Gasteiger partial charge in [0.05, 0.1) is 0 Å². The summed E-state index contributed by atoms with van der Waals surface area (Å²) >= 11 is 0. The number of phenolic OH excluding ortho intramolecular Hbond substituents is 2. The van der Waals surface area contributed by atoms with Crippen molar-refractivity contribution < 1.29 is 20.1 Å². The van der Waals surface area contributed by atoms with Crippen LogP contribution >= 0.6 is 0 Å². The maximum absolute atomic E-state index is 11.2. The van der Waals surface area contributed by atoms with Crippen LogP contribution in [0.1, 0.15) is 5.56 Å². The van der Waals surface area contributed by atoms with Crippen molar-refractivity contribution in [1.82, 2.24) is 4.90 Å². The molecule has 0 aromatic heterocycles. The number of phenols is 2. The summed E-state index contributed by atoms with van der Waals surface area (Å²) in [6, 6.07) is 4.22. The molecule has 1 aromatic rings. The van der Waals surface area contributed by atoms with Crippen molar-refractivity contribution in [3.8, 4) is 11.5 Å². The minimum absolute atomic E-state index is 0.157. The fourth-order valence-corrected chi connectivity index (χ4v) is 1.33. The predicted octanol–water partition coefficient (Wildman–Crippen LogP) is 0.603. The van der Waals surface area contributed by atoms with Gasteiger partial charge in [0.15, 0.2) is 11.5 Å². The Labute approximate surface area is 99.2 Å². The number of aliphatic hydroxyl groups is 1. The predicted molar refractivity (Wildman–Crippen MR) is 62.4 cm³/mol. The SMILES string of the molecule is C=CC(=O)N(C)C(O)Cc1ccc(O)c(O)c1. The van der Waals surface area contributed by atoms with Crippen molar-refractivity contribution in [3.63, 3.8) is 0 Å². The van der Waals surface area contributed by atoms with Crippen LogP contribution in [0.25, 0.3) is 0 Å². The quantitative estimate of drug-likeness (QED) is 0.407. The lowest BCUT2D eigenvalue weighted by atomic mass is 10.1. The van der Waals surface area contributed by atoms with Gasteiger partial charge in [-0.25, -0.2) is 0 Å². The molecule has 0 aliphatic carbocycles. The van der Waals surface area contributed by atoms with Crippen LogP contribution in [0.5, 0.6) is 11.5 Å². The summed E-state index contributed by atoms with van der Waals surface area (Å²) < 4.78 is 0. The summed E-state index contributed by atoms with van der Waals surface area (Å²) in [5, 5.41) is 28.1. The second kappa shape index (κ2) is 5.36. The second-order valence-corrected chi connectivity index (χ2v) is 3.66. The molecule has 1 aromatic carbocycles. The van der Waals surface area contributed by atoms with E-state index in [1.54, 1.807) is 6.07 Å². The molecule has 0 saturated carbocycles. The van der Waals surface area contributed by atoms with Crippen LogP contribution in [0.4, 0.5) is 0 Å². The highest BCUT2D eigenvalue weighted by atomic mass is 16.3. The van der Waals surface area contributed by atoms with Gasteiger partial charge >= 0.3 is 0 Å². The van der Waals surface area contributed by atoms with Gasteiger partial charge in [-0.1, -0.05) is 12.6 Å². The molecule has 5 nitrogen and oxygen atoms in total. The summed E-state index contributed by atoms with van der Waals surface area (Å²) in [6.07, 6.45) is 0.256. The maximum atomic E-state index is 11.2. The minimum atomic E-state index is -1.01. The zero-order valence-electron chi connectivity index (χ0n) is 9.50. The number of nitrogens with zero attached hydrogens (tertiary/aromatic N) is 1. The summed E-state index contributed by atoms with van der Waals surface area (Å²) in [5.41, 5.74) is 0.608. The van der Waals surface area contributed by atoms with Crippen molar-refractivity contribution in [2.75, 3.05) is 7.05 Å². The van der Waals surface area contributed by atoms with Gasteiger partial charge in [0.2, 0.25) is 5.91 Å². The number of aromatic hydroxyl groups is 2. The second-order valence-electron chi connectivity index (χ2n) is 3.66. The Morgan fingerprint density at radius 3 is 2.65 bits per heavy atom. The van der Waals surface area contributed by atoms with Gasteiger partial charge in [-0.2, -0.15) is 0 Å². The first-order valence-corrected chi connectivity index (χ1v) is 5.04. The van der Waals surface area contributed by atoms with E-state index in [1.165, 1.54) is 19.2 Å². The molecule has 1 atom stereocenters. The van der Waals surface area contributed by atoms with E-state index in [0.717, 1.165) is 11.0 Å². The van der Waals surface area contributed by atoms with Crippen molar-refractivity contribution >= 4 is 5.91 Å². The molecule has 92 valence electrons. The largest absolute Gasteiger partial charge is 0.504 e. The Morgan fingerprint density at radius 1 is 1.47 bits per heavy atom. The Balaban J connectivity index is 2.73. The van der Waals surface area contributed by atoms with Crippen LogP contribution in [0.2, 0.25) is 0 Å². The molecule has 0 spiro atoms. The number of hydrogen-bond acceptors (Lipinski definition) is 4. The molecule has 0 aliphatic rings. The van der Waals surface area contributed by atoms with E-state index < -0.39 is 6.23 Å². The molecule has 1 unspecified atom stereocenters. The van der Waals surface area contributed by atoms with Crippen molar-refractivity contribution in [3.05, 3.63) is 36.4 Å². The molecule has 3 N–H and O–H groups in total. The monoisotopic (exact) mass is 237 g/mol. The number of likely N-dealkylation sites (N-methyl/N-ethyl adjacent to an activating group) is 1. The Bertz CT molecular complexity index is 431. The fourth-order valence-electron chi connectivity index (χ4n) is 1.33. The molecule has 17 heavy (non-hydrogen) atoms. The van der Waals surface area contributed by atoms with Crippen LogP contribution in [0.15, 0.2) is 30.9 Å². The molecule has 1 rings (SSSR count). The van der Waals surface area contributed by atoms with Gasteiger partial charge in [0.1, 0.15) is 6.23 Å². The third kappa shape index (κ3) is 3.22. The summed E-state index contributed by atoms with van der Waals surface area (Å²) in [5.74, 6) is -0.869. The van der Waals surface area contributed by atoms with Crippen LogP contribution < -0.4 is 0 Å². The lowest BCUT2D eigenvalue weighted by molar-refractivity contribution is -0.133. The third-order valence-corrected chi connectivity index (χ3v) is 2.43. The maximum Gasteiger partial charge on any atom is 0.247 e. The average Bonchev–Trinajstić information content (AvgIpc) is 2.31. The molecular weight excluding hydrogens is 222 g/mol. The molecule has 0 bridgehead atoms. The lowest BCUT2D eigenvalue weighted by Crippen LogP contribution is -2.37. The number of hydrogen-bond donors (Lipinski definition) is 3. The molecule has 1 amide bonds. The smallest absolute Gasteiger partial charge is 0.247 e. The molecule has 0 radical (unpaired) electrons. The number of benzene rings is 1. The van der Waals surface area contributed by atoms with Gasteiger partial charge in [0.25, 0.3) is 0 Å². The van der Waals surface area contributed by atoms with Crippen LogP contribution in [0.3, 0.4) is 0 Å². The van der Waals surface area contributed by atoms with Crippen molar-refractivity contribution in [2.24, 2.45) is 0 Å². The van der Waals surface area contributed by atoms with Crippen molar-refractivity contribution in [2.45, 2.75) is 12.6 Å². The van der Waals surface area contributed by atoms with Gasteiger partial charge in [0, 0.05) is 13.5 Å². The number of amides is 1. The van der Waals surface area contributed by atoms with E-state index in [0.29, 0.717) is 5.56 Å². The normalized spacial score (nSPS) is 11.9. The zero-order valence-corrected chi connectivity index (χ0v) is 9.50. The Hall–Kier alpha value is -2.01. The zero-order chi connectivity index (χ0) is 13.0. The summed E-state index contributed by atoms with van der Waals surface area (Å²) in [6.45, 7) is 3.32. The summed E-state index contributed by atoms with van der Waals surface area (Å²) in [4.78, 5) is 12.4. The first kappa shape index (κ1) is 13.1. The van der Waals surface area contributed by atoms with E-state index in [1.807, 2.05) is 0 Å². The lowest BCUT2D eigenvalue weighted by Gasteiger charge is -2.22. The highest BCUT2D eigenvalue weighted by Crippen LogP contribution is 2.25. The van der Waals surface area contributed by atoms with Crippen LogP contribution in [0, 0.1) is 0 Å². The molecule has 0 saturated heterocycles. The number of carbonyl (C=O) groups is 1. The highest BCUT2D eigenvalue weighted by molar-refractivity contribution is 5.86. The highest BCUT2D eigenvalue weighted by Gasteiger charge is 2.15. The number of rotatable bonds is 4. The Morgan fingerprint density at radius 2 is 2.12 bits per heavy atom. The standard InChI is InChI=1S/C12H15NO4/c1-3-11(16)13(2)12(17)7-8-4-5-9(14)10(15)6-8/h3-6,12,14-15,17H,1,7H2,2H3. The molecule has 5 heteroatoms. The van der Waals surface area contributed by atoms with Gasteiger partial charge in [-0.05, 0) is 23.8 Å². The average molecular weight is 237 g/mol. The molecular formula is C12H15NO4. The van der Waals surface area contributed by atoms with E-state index in [9.17, 15) is 15.0 Å². The van der Waals surface area contributed by atoms with Gasteiger partial charge in [-0.15, -0.1) is 0 Å². The van der Waals surface area contributed by atoms with Gasteiger partial charge in [-0.3, -0.25) is 4.79 Å². The fraction of sp³-hybridized carbons (Fsp3) is 0.250. The molecule has 0 aliphatic heterocycles. The third-order valence-electron chi connectivity index (χ3n) is 2.43. The topological polar surface area (TPSA) is 81.0 Å². The number of aliphatic hydroxyl groups excluding tert-OH is 1. The first-order valence-electron chi connectivity index (χ1n) is 5.04. The van der Waals surface area contributed by atoms with E-state index in [2.05, 4.69) is 6.58 Å². The van der Waals surface area contributed by atoms with E-state index >= 15 is 0 Å². The Kier molecular flexibility index (Phi) is 4.12. The van der Waals surface area contributed by atoms with Crippen LogP contribution in [-0.2, 0) is 11.2 Å². The van der Waals surface area contributed by atoms with E-state index in [4.69, 9.17) is 5.11 Å². The van der Waals surface area contributed by atoms with Gasteiger partial charge < -0.3 is 20.2 Å².